The Labute approximate surface area is 190 Å². The fourth-order valence-electron chi connectivity index (χ4n) is 4.07. The molecular weight excluding hydrogens is 420 g/mol. The molecule has 0 bridgehead atoms. The van der Waals surface area contributed by atoms with E-state index in [0.29, 0.717) is 12.1 Å². The molecule has 0 unspecified atom stereocenters. The van der Waals surface area contributed by atoms with Crippen LogP contribution in [0.25, 0.3) is 20.8 Å². The van der Waals surface area contributed by atoms with Crippen LogP contribution in [0.15, 0.2) is 72.8 Å². The van der Waals surface area contributed by atoms with Crippen molar-refractivity contribution in [1.29, 1.82) is 0 Å². The molecule has 0 fully saturated rings. The number of aromatic nitrogens is 1. The fourth-order valence-corrected chi connectivity index (χ4v) is 5.08. The second-order valence-corrected chi connectivity index (χ2v) is 8.73. The molecule has 1 aliphatic heterocycles. The number of hydrogen-bond acceptors (Lipinski definition) is 5. The van der Waals surface area contributed by atoms with Crippen molar-refractivity contribution in [3.05, 3.63) is 83.9 Å². The number of anilines is 1. The van der Waals surface area contributed by atoms with Gasteiger partial charge in [0.2, 0.25) is 5.91 Å². The van der Waals surface area contributed by atoms with E-state index in [1.54, 1.807) is 17.4 Å². The quantitative estimate of drug-likeness (QED) is 0.384. The molecule has 5 nitrogen and oxygen atoms in total. The number of rotatable bonds is 5. The van der Waals surface area contributed by atoms with Crippen LogP contribution < -0.4 is 4.90 Å². The zero-order valence-electron chi connectivity index (χ0n) is 17.5. The van der Waals surface area contributed by atoms with Crippen LogP contribution in [0.4, 0.5) is 5.69 Å². The monoisotopic (exact) mass is 442 g/mol. The highest BCUT2D eigenvalue weighted by atomic mass is 32.1. The predicted molar refractivity (Wildman–Crippen MR) is 127 cm³/mol. The maximum absolute atomic E-state index is 12.8. The smallest absolute Gasteiger partial charge is 0.338 e. The maximum Gasteiger partial charge on any atom is 0.338 e. The Morgan fingerprint density at radius 2 is 1.75 bits per heavy atom. The SMILES string of the molecule is O=C(OCCC(=O)N1CCCc2ccccc21)c1ccccc1-c1nc2ccccc2s1. The number of benzene rings is 3. The molecule has 160 valence electrons. The average Bonchev–Trinajstić information content (AvgIpc) is 3.28. The van der Waals surface area contributed by atoms with Gasteiger partial charge in [0, 0.05) is 17.8 Å². The zero-order valence-corrected chi connectivity index (χ0v) is 18.3. The van der Waals surface area contributed by atoms with E-state index < -0.39 is 5.97 Å². The molecule has 4 aromatic rings. The summed E-state index contributed by atoms with van der Waals surface area (Å²) in [4.78, 5) is 32.1. The third-order valence-electron chi connectivity index (χ3n) is 5.63. The van der Waals surface area contributed by atoms with Crippen LogP contribution in [0.2, 0.25) is 0 Å². The van der Waals surface area contributed by atoms with Crippen molar-refractivity contribution in [2.75, 3.05) is 18.1 Å². The van der Waals surface area contributed by atoms with Gasteiger partial charge in [-0.05, 0) is 42.7 Å². The summed E-state index contributed by atoms with van der Waals surface area (Å²) in [5, 5.41) is 0.778. The van der Waals surface area contributed by atoms with Gasteiger partial charge in [0.25, 0.3) is 0 Å². The van der Waals surface area contributed by atoms with Gasteiger partial charge in [0.05, 0.1) is 22.2 Å². The lowest BCUT2D eigenvalue weighted by molar-refractivity contribution is -0.119. The summed E-state index contributed by atoms with van der Waals surface area (Å²) in [5.41, 5.74) is 4.27. The average molecular weight is 443 g/mol. The van der Waals surface area contributed by atoms with Crippen molar-refractivity contribution in [1.82, 2.24) is 4.98 Å². The highest BCUT2D eigenvalue weighted by Crippen LogP contribution is 2.32. The van der Waals surface area contributed by atoms with Gasteiger partial charge >= 0.3 is 5.97 Å². The summed E-state index contributed by atoms with van der Waals surface area (Å²) < 4.78 is 6.57. The summed E-state index contributed by atoms with van der Waals surface area (Å²) in [6.45, 7) is 0.745. The molecular formula is C26H22N2O3S. The van der Waals surface area contributed by atoms with E-state index in [2.05, 4.69) is 11.1 Å². The van der Waals surface area contributed by atoms with Crippen molar-refractivity contribution in [2.45, 2.75) is 19.3 Å². The standard InChI is InChI=1S/C26H22N2O3S/c29-24(28-16-7-9-18-8-1-5-13-22(18)28)15-17-31-26(30)20-11-3-2-10-19(20)25-27-21-12-4-6-14-23(21)32-25/h1-6,8,10-14H,7,9,15-17H2. The highest BCUT2D eigenvalue weighted by Gasteiger charge is 2.23. The Morgan fingerprint density at radius 1 is 0.969 bits per heavy atom. The van der Waals surface area contributed by atoms with E-state index in [9.17, 15) is 9.59 Å². The molecule has 1 aromatic heterocycles. The number of esters is 1. The number of thiazole rings is 1. The first-order valence-corrected chi connectivity index (χ1v) is 11.5. The topological polar surface area (TPSA) is 59.5 Å². The molecule has 32 heavy (non-hydrogen) atoms. The molecule has 0 spiro atoms. The number of aryl methyl sites for hydroxylation is 1. The van der Waals surface area contributed by atoms with E-state index in [1.165, 1.54) is 5.56 Å². The Balaban J connectivity index is 1.27. The van der Waals surface area contributed by atoms with Crippen LogP contribution in [0, 0.1) is 0 Å². The normalized spacial score (nSPS) is 13.1. The summed E-state index contributed by atoms with van der Waals surface area (Å²) in [6.07, 6.45) is 2.08. The minimum absolute atomic E-state index is 0.0237. The molecule has 0 aliphatic carbocycles. The van der Waals surface area contributed by atoms with Gasteiger partial charge in [-0.3, -0.25) is 4.79 Å². The number of nitrogens with zero attached hydrogens (tertiary/aromatic N) is 2. The van der Waals surface area contributed by atoms with E-state index in [-0.39, 0.29) is 18.9 Å². The van der Waals surface area contributed by atoms with E-state index in [0.717, 1.165) is 39.3 Å². The summed E-state index contributed by atoms with van der Waals surface area (Å²) >= 11 is 1.54. The molecule has 0 saturated heterocycles. The van der Waals surface area contributed by atoms with Gasteiger partial charge in [-0.2, -0.15) is 0 Å². The summed E-state index contributed by atoms with van der Waals surface area (Å²) in [5.74, 6) is -0.462. The molecule has 2 heterocycles. The van der Waals surface area contributed by atoms with Gasteiger partial charge < -0.3 is 9.64 Å². The number of hydrogen-bond donors (Lipinski definition) is 0. The number of ether oxygens (including phenoxy) is 1. The van der Waals surface area contributed by atoms with Crippen molar-refractivity contribution in [3.8, 4) is 10.6 Å². The molecule has 3 aromatic carbocycles. The first-order valence-electron chi connectivity index (χ1n) is 10.7. The lowest BCUT2D eigenvalue weighted by Crippen LogP contribution is -2.36. The second kappa shape index (κ2) is 8.93. The largest absolute Gasteiger partial charge is 0.462 e. The lowest BCUT2D eigenvalue weighted by Gasteiger charge is -2.29. The lowest BCUT2D eigenvalue weighted by atomic mass is 10.0. The van der Waals surface area contributed by atoms with Gasteiger partial charge in [-0.15, -0.1) is 11.3 Å². The Morgan fingerprint density at radius 3 is 2.66 bits per heavy atom. The third-order valence-corrected chi connectivity index (χ3v) is 6.70. The predicted octanol–water partition coefficient (Wildman–Crippen LogP) is 5.49. The van der Waals surface area contributed by atoms with Crippen molar-refractivity contribution in [2.24, 2.45) is 0 Å². The van der Waals surface area contributed by atoms with Crippen LogP contribution in [0.5, 0.6) is 0 Å². The summed E-state index contributed by atoms with van der Waals surface area (Å²) in [6, 6.07) is 23.2. The molecule has 1 aliphatic rings. The molecule has 0 radical (unpaired) electrons. The Kier molecular flexibility index (Phi) is 5.69. The van der Waals surface area contributed by atoms with Crippen molar-refractivity contribution in [3.63, 3.8) is 0 Å². The van der Waals surface area contributed by atoms with Gasteiger partial charge in [-0.25, -0.2) is 9.78 Å². The third kappa shape index (κ3) is 4.01. The van der Waals surface area contributed by atoms with E-state index in [1.807, 2.05) is 65.6 Å². The number of carbonyl (C=O) groups is 2. The van der Waals surface area contributed by atoms with Gasteiger partial charge in [0.1, 0.15) is 11.6 Å². The number of para-hydroxylation sites is 2. The van der Waals surface area contributed by atoms with Crippen molar-refractivity contribution < 1.29 is 14.3 Å². The minimum atomic E-state index is -0.438. The number of fused-ring (bicyclic) bond motifs is 2. The van der Waals surface area contributed by atoms with Gasteiger partial charge in [0.15, 0.2) is 0 Å². The number of amides is 1. The van der Waals surface area contributed by atoms with Crippen LogP contribution in [-0.2, 0) is 16.0 Å². The van der Waals surface area contributed by atoms with Crippen LogP contribution in [-0.4, -0.2) is 30.0 Å². The second-order valence-electron chi connectivity index (χ2n) is 7.70. The molecule has 6 heteroatoms. The Bertz CT molecular complexity index is 1260. The minimum Gasteiger partial charge on any atom is -0.462 e. The molecule has 0 atom stereocenters. The molecule has 1 amide bonds. The first-order chi connectivity index (χ1) is 15.7. The van der Waals surface area contributed by atoms with E-state index in [4.69, 9.17) is 4.74 Å². The Hall–Kier alpha value is -3.51. The molecule has 0 N–H and O–H groups in total. The number of carbonyl (C=O) groups excluding carboxylic acids is 2. The van der Waals surface area contributed by atoms with Crippen molar-refractivity contribution >= 4 is 39.1 Å². The maximum atomic E-state index is 12.8. The molecule has 5 rings (SSSR count). The fraction of sp³-hybridized carbons (Fsp3) is 0.192. The molecule has 0 saturated carbocycles. The van der Waals surface area contributed by atoms with Crippen LogP contribution in [0.1, 0.15) is 28.8 Å². The van der Waals surface area contributed by atoms with E-state index >= 15 is 0 Å². The van der Waals surface area contributed by atoms with Gasteiger partial charge in [-0.1, -0.05) is 48.5 Å². The van der Waals surface area contributed by atoms with Crippen LogP contribution in [0.3, 0.4) is 0 Å². The zero-order chi connectivity index (χ0) is 21.9. The summed E-state index contributed by atoms with van der Waals surface area (Å²) in [7, 11) is 0. The van der Waals surface area contributed by atoms with Crippen LogP contribution >= 0.6 is 11.3 Å². The first kappa shape index (κ1) is 20.4. The highest BCUT2D eigenvalue weighted by molar-refractivity contribution is 7.21.